The van der Waals surface area contributed by atoms with E-state index in [0.717, 1.165) is 5.69 Å². The van der Waals surface area contributed by atoms with Crippen LogP contribution in [0.25, 0.3) is 10.9 Å². The van der Waals surface area contributed by atoms with Gasteiger partial charge in [-0.2, -0.15) is 0 Å². The lowest BCUT2D eigenvalue weighted by Gasteiger charge is -2.36. The lowest BCUT2D eigenvalue weighted by Crippen LogP contribution is -2.48. The van der Waals surface area contributed by atoms with Crippen LogP contribution in [0.2, 0.25) is 0 Å². The summed E-state index contributed by atoms with van der Waals surface area (Å²) in [5.41, 5.74) is 1.48. The number of nitro benzene ring substituents is 2. The van der Waals surface area contributed by atoms with E-state index in [4.69, 9.17) is 0 Å². The van der Waals surface area contributed by atoms with Crippen molar-refractivity contribution in [3.05, 3.63) is 80.5 Å². The molecule has 0 atom stereocenters. The van der Waals surface area contributed by atoms with E-state index < -0.39 is 9.85 Å². The molecule has 0 unspecified atom stereocenters. The van der Waals surface area contributed by atoms with Crippen molar-refractivity contribution < 1.29 is 14.6 Å². The van der Waals surface area contributed by atoms with E-state index in [0.29, 0.717) is 42.6 Å². The number of aromatic nitrogens is 1. The van der Waals surface area contributed by atoms with Gasteiger partial charge in [-0.1, -0.05) is 0 Å². The van der Waals surface area contributed by atoms with Crippen LogP contribution in [0.3, 0.4) is 0 Å². The van der Waals surface area contributed by atoms with Gasteiger partial charge in [-0.15, -0.1) is 0 Å². The maximum atomic E-state index is 12.7. The number of fused-ring (bicyclic) bond motifs is 1. The molecule has 0 aliphatic carbocycles. The molecule has 0 bridgehead atoms. The van der Waals surface area contributed by atoms with Crippen LogP contribution in [-0.4, -0.2) is 51.8 Å². The quantitative estimate of drug-likeness (QED) is 0.481. The molecule has 2 heterocycles. The van der Waals surface area contributed by atoms with Crippen LogP contribution in [0.5, 0.6) is 0 Å². The fourth-order valence-corrected chi connectivity index (χ4v) is 3.62. The Bertz CT molecular complexity index is 1140. The van der Waals surface area contributed by atoms with E-state index in [9.17, 15) is 25.0 Å². The first kappa shape index (κ1) is 19.2. The van der Waals surface area contributed by atoms with Gasteiger partial charge in [0.25, 0.3) is 17.3 Å². The van der Waals surface area contributed by atoms with Gasteiger partial charge in [-0.25, -0.2) is 4.98 Å². The van der Waals surface area contributed by atoms with Gasteiger partial charge in [0.15, 0.2) is 0 Å². The smallest absolute Gasteiger partial charge is 0.295 e. The van der Waals surface area contributed by atoms with Crippen molar-refractivity contribution in [1.82, 2.24) is 9.88 Å². The minimum Gasteiger partial charge on any atom is -0.367 e. The highest BCUT2D eigenvalue weighted by Crippen LogP contribution is 2.32. The zero-order valence-electron chi connectivity index (χ0n) is 15.8. The summed E-state index contributed by atoms with van der Waals surface area (Å²) in [5, 5.41) is 22.7. The zero-order valence-corrected chi connectivity index (χ0v) is 15.8. The van der Waals surface area contributed by atoms with Crippen LogP contribution >= 0.6 is 0 Å². The Balaban J connectivity index is 1.51. The molecule has 4 rings (SSSR count). The molecule has 10 heteroatoms. The number of nitrogens with zero attached hydrogens (tertiary/aromatic N) is 5. The van der Waals surface area contributed by atoms with Crippen LogP contribution in [0.4, 0.5) is 17.1 Å². The normalized spacial score (nSPS) is 14.0. The Hall–Kier alpha value is -4.08. The second-order valence-electron chi connectivity index (χ2n) is 6.84. The third kappa shape index (κ3) is 3.50. The van der Waals surface area contributed by atoms with Gasteiger partial charge in [-0.05, 0) is 30.3 Å². The monoisotopic (exact) mass is 407 g/mol. The number of nitro groups is 2. The molecule has 3 aromatic rings. The van der Waals surface area contributed by atoms with Crippen molar-refractivity contribution in [3.63, 3.8) is 0 Å². The minimum absolute atomic E-state index is 0.0404. The highest BCUT2D eigenvalue weighted by molar-refractivity contribution is 5.98. The maximum Gasteiger partial charge on any atom is 0.295 e. The lowest BCUT2D eigenvalue weighted by molar-refractivity contribution is -0.384. The number of benzene rings is 2. The highest BCUT2D eigenvalue weighted by Gasteiger charge is 2.25. The number of hydrogen-bond donors (Lipinski definition) is 0. The standard InChI is InChI=1S/C20H17N5O5/c26-20(14-3-5-15(6-4-14)24(27)28)23-12-10-22(11-13-23)17-7-8-18(25(29)30)19-16(17)2-1-9-21-19/h1-9H,10-13H2. The summed E-state index contributed by atoms with van der Waals surface area (Å²) in [6, 6.07) is 12.3. The number of piperazine rings is 1. The first-order chi connectivity index (χ1) is 14.5. The van der Waals surface area contributed by atoms with E-state index in [1.54, 1.807) is 23.1 Å². The predicted molar refractivity (Wildman–Crippen MR) is 110 cm³/mol. The third-order valence-corrected chi connectivity index (χ3v) is 5.15. The van der Waals surface area contributed by atoms with Crippen molar-refractivity contribution in [2.75, 3.05) is 31.1 Å². The number of anilines is 1. The molecule has 0 N–H and O–H groups in total. The fraction of sp³-hybridized carbons (Fsp3) is 0.200. The van der Waals surface area contributed by atoms with Crippen LogP contribution in [-0.2, 0) is 0 Å². The van der Waals surface area contributed by atoms with E-state index in [1.165, 1.54) is 36.5 Å². The van der Waals surface area contributed by atoms with Crippen molar-refractivity contribution in [2.45, 2.75) is 0 Å². The molecular weight excluding hydrogens is 390 g/mol. The molecule has 0 radical (unpaired) electrons. The van der Waals surface area contributed by atoms with Gasteiger partial charge in [0, 0.05) is 67.2 Å². The number of rotatable bonds is 4. The first-order valence-electron chi connectivity index (χ1n) is 9.26. The average Bonchev–Trinajstić information content (AvgIpc) is 2.78. The molecular formula is C20H17N5O5. The Morgan fingerprint density at radius 3 is 2.23 bits per heavy atom. The third-order valence-electron chi connectivity index (χ3n) is 5.15. The van der Waals surface area contributed by atoms with Crippen LogP contribution in [0.15, 0.2) is 54.7 Å². The molecule has 152 valence electrons. The van der Waals surface area contributed by atoms with E-state index in [1.807, 2.05) is 0 Å². The number of non-ortho nitro benzene ring substituents is 2. The Kier molecular flexibility index (Phi) is 4.97. The fourth-order valence-electron chi connectivity index (χ4n) is 3.62. The molecule has 1 saturated heterocycles. The predicted octanol–water partition coefficient (Wildman–Crippen LogP) is 3.01. The molecule has 1 aliphatic rings. The highest BCUT2D eigenvalue weighted by atomic mass is 16.6. The van der Waals surface area contributed by atoms with Gasteiger partial charge in [0.05, 0.1) is 9.85 Å². The first-order valence-corrected chi connectivity index (χ1v) is 9.26. The van der Waals surface area contributed by atoms with Gasteiger partial charge < -0.3 is 9.80 Å². The molecule has 1 fully saturated rings. The maximum absolute atomic E-state index is 12.7. The summed E-state index contributed by atoms with van der Waals surface area (Å²) < 4.78 is 0. The molecule has 1 aromatic heterocycles. The summed E-state index contributed by atoms with van der Waals surface area (Å²) in [6.45, 7) is 2.05. The molecule has 2 aromatic carbocycles. The second-order valence-corrected chi connectivity index (χ2v) is 6.84. The Morgan fingerprint density at radius 1 is 0.900 bits per heavy atom. The Labute approximate surface area is 170 Å². The van der Waals surface area contributed by atoms with E-state index >= 15 is 0 Å². The van der Waals surface area contributed by atoms with Crippen molar-refractivity contribution in [2.24, 2.45) is 0 Å². The van der Waals surface area contributed by atoms with E-state index in [2.05, 4.69) is 9.88 Å². The van der Waals surface area contributed by atoms with Crippen LogP contribution in [0, 0.1) is 20.2 Å². The van der Waals surface area contributed by atoms with Gasteiger partial charge in [0.2, 0.25) is 0 Å². The second kappa shape index (κ2) is 7.74. The topological polar surface area (TPSA) is 123 Å². The minimum atomic E-state index is -0.504. The van der Waals surface area contributed by atoms with E-state index in [-0.39, 0.29) is 17.3 Å². The summed E-state index contributed by atoms with van der Waals surface area (Å²) in [5.74, 6) is -0.181. The van der Waals surface area contributed by atoms with Crippen molar-refractivity contribution in [3.8, 4) is 0 Å². The van der Waals surface area contributed by atoms with Crippen molar-refractivity contribution in [1.29, 1.82) is 0 Å². The summed E-state index contributed by atoms with van der Waals surface area (Å²) in [4.78, 5) is 41.8. The molecule has 1 aliphatic heterocycles. The average molecular weight is 407 g/mol. The number of hydrogen-bond acceptors (Lipinski definition) is 7. The van der Waals surface area contributed by atoms with Crippen molar-refractivity contribution >= 4 is 33.9 Å². The largest absolute Gasteiger partial charge is 0.367 e. The number of carbonyl (C=O) groups is 1. The SMILES string of the molecule is O=C(c1ccc([N+](=O)[O-])cc1)N1CCN(c2ccc([N+](=O)[O-])c3ncccc23)CC1. The van der Waals surface area contributed by atoms with Crippen LogP contribution < -0.4 is 4.90 Å². The lowest BCUT2D eigenvalue weighted by atomic mass is 10.1. The van der Waals surface area contributed by atoms with Gasteiger partial charge >= 0.3 is 0 Å². The number of amides is 1. The summed E-state index contributed by atoms with van der Waals surface area (Å²) in [7, 11) is 0. The zero-order chi connectivity index (χ0) is 21.3. The number of pyridine rings is 1. The molecule has 1 amide bonds. The number of carbonyl (C=O) groups excluding carboxylic acids is 1. The molecule has 0 spiro atoms. The molecule has 10 nitrogen and oxygen atoms in total. The molecule has 0 saturated carbocycles. The Morgan fingerprint density at radius 2 is 1.60 bits per heavy atom. The van der Waals surface area contributed by atoms with Crippen LogP contribution in [0.1, 0.15) is 10.4 Å². The summed E-state index contributed by atoms with van der Waals surface area (Å²) in [6.07, 6.45) is 1.53. The van der Waals surface area contributed by atoms with Gasteiger partial charge in [-0.3, -0.25) is 25.0 Å². The summed E-state index contributed by atoms with van der Waals surface area (Å²) >= 11 is 0. The van der Waals surface area contributed by atoms with Gasteiger partial charge in [0.1, 0.15) is 5.52 Å². The molecule has 30 heavy (non-hydrogen) atoms.